The zero-order valence-electron chi connectivity index (χ0n) is 11.4. The van der Waals surface area contributed by atoms with Crippen molar-refractivity contribution in [1.82, 2.24) is 5.32 Å². The standard InChI is InChI=1S/C13H18F3NO2S/c1-10(20(2)18)6-7-17-9-11-4-3-5-12(8-11)19-13(14,15)16/h3-5,8,10,17H,6-7,9H2,1-2H3. The summed E-state index contributed by atoms with van der Waals surface area (Å²) in [6, 6.07) is 5.85. The summed E-state index contributed by atoms with van der Waals surface area (Å²) in [5, 5.41) is 3.21. The first-order valence-electron chi connectivity index (χ1n) is 6.15. The van der Waals surface area contributed by atoms with E-state index in [9.17, 15) is 17.4 Å². The summed E-state index contributed by atoms with van der Waals surface area (Å²) in [6.07, 6.45) is -2.27. The van der Waals surface area contributed by atoms with Crippen LogP contribution in [0.2, 0.25) is 0 Å². The lowest BCUT2D eigenvalue weighted by Crippen LogP contribution is -2.21. The lowest BCUT2D eigenvalue weighted by molar-refractivity contribution is -0.274. The molecule has 0 fully saturated rings. The smallest absolute Gasteiger partial charge is 0.406 e. The van der Waals surface area contributed by atoms with E-state index in [1.165, 1.54) is 18.2 Å². The van der Waals surface area contributed by atoms with Gasteiger partial charge in [-0.05, 0) is 30.7 Å². The van der Waals surface area contributed by atoms with Gasteiger partial charge in [0.05, 0.1) is 0 Å². The Balaban J connectivity index is 2.41. The van der Waals surface area contributed by atoms with Crippen molar-refractivity contribution in [1.29, 1.82) is 0 Å². The molecule has 114 valence electrons. The molecule has 0 saturated heterocycles. The van der Waals surface area contributed by atoms with Crippen molar-refractivity contribution in [3.63, 3.8) is 0 Å². The molecule has 0 amide bonds. The lowest BCUT2D eigenvalue weighted by atomic mass is 10.2. The van der Waals surface area contributed by atoms with Crippen molar-refractivity contribution < 1.29 is 22.1 Å². The predicted octanol–water partition coefficient (Wildman–Crippen LogP) is 2.83. The van der Waals surface area contributed by atoms with Gasteiger partial charge in [0.2, 0.25) is 0 Å². The third kappa shape index (κ3) is 6.91. The summed E-state index contributed by atoms with van der Waals surface area (Å²) in [4.78, 5) is 0. The molecule has 1 rings (SSSR count). The molecule has 0 aromatic heterocycles. The molecule has 2 unspecified atom stereocenters. The van der Waals surface area contributed by atoms with E-state index < -0.39 is 17.2 Å². The summed E-state index contributed by atoms with van der Waals surface area (Å²) in [5.41, 5.74) is 0.706. The molecular weight excluding hydrogens is 291 g/mol. The van der Waals surface area contributed by atoms with Crippen LogP contribution in [0.1, 0.15) is 18.9 Å². The van der Waals surface area contributed by atoms with E-state index in [4.69, 9.17) is 0 Å². The second kappa shape index (κ2) is 7.64. The Morgan fingerprint density at radius 3 is 2.70 bits per heavy atom. The molecule has 0 spiro atoms. The fourth-order valence-electron chi connectivity index (χ4n) is 1.56. The number of benzene rings is 1. The molecule has 1 aromatic carbocycles. The molecule has 0 bridgehead atoms. The minimum absolute atomic E-state index is 0.0994. The average Bonchev–Trinajstić information content (AvgIpc) is 2.32. The highest BCUT2D eigenvalue weighted by Gasteiger charge is 2.31. The topological polar surface area (TPSA) is 38.3 Å². The highest BCUT2D eigenvalue weighted by Crippen LogP contribution is 2.23. The summed E-state index contributed by atoms with van der Waals surface area (Å²) in [7, 11) is -0.858. The van der Waals surface area contributed by atoms with Gasteiger partial charge in [-0.1, -0.05) is 19.1 Å². The molecule has 1 aromatic rings. The number of halogens is 3. The summed E-state index contributed by atoms with van der Waals surface area (Å²) in [6.45, 7) is 3.00. The molecule has 0 saturated carbocycles. The van der Waals surface area contributed by atoms with Gasteiger partial charge in [0.25, 0.3) is 0 Å². The van der Waals surface area contributed by atoms with Crippen LogP contribution in [0.4, 0.5) is 13.2 Å². The Labute approximate surface area is 119 Å². The first-order chi connectivity index (χ1) is 9.28. The van der Waals surface area contributed by atoms with Gasteiger partial charge in [-0.25, -0.2) is 0 Å². The Bertz CT molecular complexity index is 451. The molecule has 3 nitrogen and oxygen atoms in total. The third-order valence-electron chi connectivity index (χ3n) is 2.76. The summed E-state index contributed by atoms with van der Waals surface area (Å²) in [5.74, 6) is -0.222. The van der Waals surface area contributed by atoms with Crippen molar-refractivity contribution in [3.05, 3.63) is 29.8 Å². The van der Waals surface area contributed by atoms with Crippen LogP contribution in [0.15, 0.2) is 24.3 Å². The molecule has 0 aliphatic rings. The largest absolute Gasteiger partial charge is 0.573 e. The quantitative estimate of drug-likeness (QED) is 0.787. The van der Waals surface area contributed by atoms with Gasteiger partial charge in [-0.3, -0.25) is 4.21 Å². The van der Waals surface area contributed by atoms with Crippen LogP contribution in [-0.2, 0) is 17.3 Å². The van der Waals surface area contributed by atoms with E-state index in [1.54, 1.807) is 12.3 Å². The summed E-state index contributed by atoms with van der Waals surface area (Å²) >= 11 is 0. The summed E-state index contributed by atoms with van der Waals surface area (Å²) < 4.78 is 51.2. The number of hydrogen-bond donors (Lipinski definition) is 1. The fourth-order valence-corrected chi connectivity index (χ4v) is 2.01. The predicted molar refractivity (Wildman–Crippen MR) is 73.0 cm³/mol. The fraction of sp³-hybridized carbons (Fsp3) is 0.538. The average molecular weight is 309 g/mol. The SMILES string of the molecule is CC(CCNCc1cccc(OC(F)(F)F)c1)S(C)=O. The van der Waals surface area contributed by atoms with Crippen LogP contribution in [-0.4, -0.2) is 28.6 Å². The van der Waals surface area contributed by atoms with Crippen molar-refractivity contribution in [2.45, 2.75) is 31.5 Å². The van der Waals surface area contributed by atoms with Gasteiger partial charge in [0, 0.05) is 28.9 Å². The second-order valence-electron chi connectivity index (χ2n) is 4.47. The van der Waals surface area contributed by atoms with Crippen LogP contribution >= 0.6 is 0 Å². The highest BCUT2D eigenvalue weighted by atomic mass is 32.2. The monoisotopic (exact) mass is 309 g/mol. The Kier molecular flexibility index (Phi) is 6.48. The maximum absolute atomic E-state index is 12.1. The molecular formula is C13H18F3NO2S. The van der Waals surface area contributed by atoms with Gasteiger partial charge < -0.3 is 10.1 Å². The Morgan fingerprint density at radius 2 is 2.10 bits per heavy atom. The number of hydrogen-bond acceptors (Lipinski definition) is 3. The normalized spacial score (nSPS) is 14.8. The third-order valence-corrected chi connectivity index (χ3v) is 4.12. The van der Waals surface area contributed by atoms with Gasteiger partial charge in [-0.2, -0.15) is 0 Å². The molecule has 20 heavy (non-hydrogen) atoms. The Hall–Kier alpha value is -1.08. The van der Waals surface area contributed by atoms with E-state index in [0.29, 0.717) is 18.7 Å². The van der Waals surface area contributed by atoms with Crippen LogP contribution in [0.5, 0.6) is 5.75 Å². The van der Waals surface area contributed by atoms with Crippen LogP contribution < -0.4 is 10.1 Å². The maximum atomic E-state index is 12.1. The minimum atomic E-state index is -4.67. The number of rotatable bonds is 7. The molecule has 7 heteroatoms. The zero-order chi connectivity index (χ0) is 15.2. The highest BCUT2D eigenvalue weighted by molar-refractivity contribution is 7.84. The Morgan fingerprint density at radius 1 is 1.40 bits per heavy atom. The van der Waals surface area contributed by atoms with E-state index >= 15 is 0 Å². The van der Waals surface area contributed by atoms with Gasteiger partial charge in [0.15, 0.2) is 0 Å². The van der Waals surface area contributed by atoms with E-state index in [0.717, 1.165) is 6.42 Å². The number of nitrogens with one attached hydrogen (secondary N) is 1. The van der Waals surface area contributed by atoms with Crippen LogP contribution in [0, 0.1) is 0 Å². The second-order valence-corrected chi connectivity index (χ2v) is 6.27. The zero-order valence-corrected chi connectivity index (χ0v) is 12.2. The first-order valence-corrected chi connectivity index (χ1v) is 7.77. The van der Waals surface area contributed by atoms with E-state index in [1.807, 2.05) is 6.92 Å². The van der Waals surface area contributed by atoms with Crippen molar-refractivity contribution in [2.75, 3.05) is 12.8 Å². The van der Waals surface area contributed by atoms with Crippen LogP contribution in [0.3, 0.4) is 0 Å². The molecule has 0 radical (unpaired) electrons. The molecule has 0 heterocycles. The van der Waals surface area contributed by atoms with E-state index in [2.05, 4.69) is 10.1 Å². The molecule has 2 atom stereocenters. The van der Waals surface area contributed by atoms with Crippen LogP contribution in [0.25, 0.3) is 0 Å². The lowest BCUT2D eigenvalue weighted by Gasteiger charge is -2.11. The molecule has 0 aliphatic carbocycles. The first kappa shape index (κ1) is 17.0. The van der Waals surface area contributed by atoms with Gasteiger partial charge in [-0.15, -0.1) is 13.2 Å². The van der Waals surface area contributed by atoms with Crippen molar-refractivity contribution in [3.8, 4) is 5.75 Å². The maximum Gasteiger partial charge on any atom is 0.573 e. The van der Waals surface area contributed by atoms with Gasteiger partial charge in [0.1, 0.15) is 5.75 Å². The molecule has 1 N–H and O–H groups in total. The number of ether oxygens (including phenoxy) is 1. The van der Waals surface area contributed by atoms with E-state index in [-0.39, 0.29) is 11.0 Å². The van der Waals surface area contributed by atoms with Crippen molar-refractivity contribution >= 4 is 10.8 Å². The number of alkyl halides is 3. The molecule has 0 aliphatic heterocycles. The minimum Gasteiger partial charge on any atom is -0.406 e. The van der Waals surface area contributed by atoms with Gasteiger partial charge >= 0.3 is 6.36 Å². The van der Waals surface area contributed by atoms with Crippen molar-refractivity contribution in [2.24, 2.45) is 0 Å².